The van der Waals surface area contributed by atoms with E-state index in [1.54, 1.807) is 0 Å². The molecular formula is C11H20N2O. The topological polar surface area (TPSA) is 41.1 Å². The summed E-state index contributed by atoms with van der Waals surface area (Å²) in [6.07, 6.45) is 5.72. The Morgan fingerprint density at radius 3 is 2.50 bits per heavy atom. The molecule has 0 spiro atoms. The molecule has 0 unspecified atom stereocenters. The lowest BCUT2D eigenvalue weighted by Gasteiger charge is -2.22. The maximum absolute atomic E-state index is 11.4. The van der Waals surface area contributed by atoms with Gasteiger partial charge >= 0.3 is 0 Å². The summed E-state index contributed by atoms with van der Waals surface area (Å²) in [7, 11) is 0. The molecule has 1 amide bonds. The Kier molecular flexibility index (Phi) is 3.40. The van der Waals surface area contributed by atoms with Crippen molar-refractivity contribution in [1.82, 2.24) is 10.6 Å². The molecule has 0 aromatic heterocycles. The van der Waals surface area contributed by atoms with Gasteiger partial charge in [0.25, 0.3) is 0 Å². The molecule has 0 aromatic carbocycles. The standard InChI is InChI=1S/C11H20N2O/c14-11(7-9-1-2-9)13-8-10-3-5-12-6-4-10/h9-10,12H,1-8H2,(H,13,14). The fraction of sp³-hybridized carbons (Fsp3) is 0.909. The zero-order valence-corrected chi connectivity index (χ0v) is 8.72. The van der Waals surface area contributed by atoms with Crippen LogP contribution in [0.4, 0.5) is 0 Å². The first-order valence-corrected chi connectivity index (χ1v) is 5.82. The van der Waals surface area contributed by atoms with Crippen molar-refractivity contribution in [1.29, 1.82) is 0 Å². The van der Waals surface area contributed by atoms with Crippen LogP contribution in [-0.4, -0.2) is 25.5 Å². The third kappa shape index (κ3) is 3.29. The van der Waals surface area contributed by atoms with Crippen LogP contribution in [0.1, 0.15) is 32.1 Å². The average molecular weight is 196 g/mol. The Hall–Kier alpha value is -0.570. The molecule has 2 fully saturated rings. The largest absolute Gasteiger partial charge is 0.356 e. The van der Waals surface area contributed by atoms with Crippen molar-refractivity contribution in [3.63, 3.8) is 0 Å². The number of carbonyl (C=O) groups is 1. The predicted octanol–water partition coefficient (Wildman–Crippen LogP) is 0.902. The van der Waals surface area contributed by atoms with Crippen molar-refractivity contribution < 1.29 is 4.79 Å². The maximum atomic E-state index is 11.4. The lowest BCUT2D eigenvalue weighted by Crippen LogP contribution is -2.36. The quantitative estimate of drug-likeness (QED) is 0.701. The Bertz CT molecular complexity index is 195. The Morgan fingerprint density at radius 2 is 1.86 bits per heavy atom. The van der Waals surface area contributed by atoms with Gasteiger partial charge in [-0.15, -0.1) is 0 Å². The van der Waals surface area contributed by atoms with Crippen LogP contribution in [0.5, 0.6) is 0 Å². The van der Waals surface area contributed by atoms with Gasteiger partial charge in [-0.25, -0.2) is 0 Å². The zero-order chi connectivity index (χ0) is 9.80. The van der Waals surface area contributed by atoms with Gasteiger partial charge in [-0.2, -0.15) is 0 Å². The van der Waals surface area contributed by atoms with E-state index in [4.69, 9.17) is 0 Å². The Labute approximate surface area is 85.6 Å². The summed E-state index contributed by atoms with van der Waals surface area (Å²) in [5.74, 6) is 1.69. The number of amides is 1. The van der Waals surface area contributed by atoms with E-state index in [0.29, 0.717) is 11.8 Å². The minimum absolute atomic E-state index is 0.269. The first-order chi connectivity index (χ1) is 6.84. The van der Waals surface area contributed by atoms with Crippen molar-refractivity contribution in [3.8, 4) is 0 Å². The van der Waals surface area contributed by atoms with Crippen LogP contribution in [0, 0.1) is 11.8 Å². The highest BCUT2D eigenvalue weighted by Crippen LogP contribution is 2.32. The summed E-state index contributed by atoms with van der Waals surface area (Å²) in [6, 6.07) is 0. The van der Waals surface area contributed by atoms with E-state index in [-0.39, 0.29) is 5.91 Å². The van der Waals surface area contributed by atoms with Crippen LogP contribution in [0.15, 0.2) is 0 Å². The van der Waals surface area contributed by atoms with E-state index >= 15 is 0 Å². The van der Waals surface area contributed by atoms with E-state index in [2.05, 4.69) is 10.6 Å². The van der Waals surface area contributed by atoms with E-state index < -0.39 is 0 Å². The molecule has 2 aliphatic rings. The molecule has 1 aliphatic carbocycles. The molecule has 0 aromatic rings. The number of hydrogen-bond donors (Lipinski definition) is 2. The predicted molar refractivity (Wildman–Crippen MR) is 55.9 cm³/mol. The molecule has 2 N–H and O–H groups in total. The second-order valence-corrected chi connectivity index (χ2v) is 4.64. The number of nitrogens with one attached hydrogen (secondary N) is 2. The van der Waals surface area contributed by atoms with Gasteiger partial charge in [0.15, 0.2) is 0 Å². The Morgan fingerprint density at radius 1 is 1.14 bits per heavy atom. The minimum atomic E-state index is 0.269. The first-order valence-electron chi connectivity index (χ1n) is 5.82. The first kappa shape index (κ1) is 9.97. The molecule has 1 aliphatic heterocycles. The van der Waals surface area contributed by atoms with E-state index in [1.165, 1.54) is 25.7 Å². The van der Waals surface area contributed by atoms with Crippen molar-refractivity contribution >= 4 is 5.91 Å². The fourth-order valence-corrected chi connectivity index (χ4v) is 2.00. The van der Waals surface area contributed by atoms with Crippen LogP contribution >= 0.6 is 0 Å². The molecule has 0 atom stereocenters. The highest BCUT2D eigenvalue weighted by Gasteiger charge is 2.24. The fourth-order valence-electron chi connectivity index (χ4n) is 2.00. The van der Waals surface area contributed by atoms with Crippen molar-refractivity contribution in [3.05, 3.63) is 0 Å². The molecular weight excluding hydrogens is 176 g/mol. The van der Waals surface area contributed by atoms with Gasteiger partial charge in [-0.05, 0) is 50.6 Å². The number of hydrogen-bond acceptors (Lipinski definition) is 2. The van der Waals surface area contributed by atoms with Crippen LogP contribution in [0.3, 0.4) is 0 Å². The van der Waals surface area contributed by atoms with Gasteiger partial charge in [0.05, 0.1) is 0 Å². The van der Waals surface area contributed by atoms with Crippen molar-refractivity contribution in [2.75, 3.05) is 19.6 Å². The Balaban J connectivity index is 1.57. The summed E-state index contributed by atoms with van der Waals surface area (Å²) in [5.41, 5.74) is 0. The third-order valence-electron chi connectivity index (χ3n) is 3.22. The highest BCUT2D eigenvalue weighted by molar-refractivity contribution is 5.76. The number of carbonyl (C=O) groups excluding carboxylic acids is 1. The molecule has 0 radical (unpaired) electrons. The van der Waals surface area contributed by atoms with Crippen molar-refractivity contribution in [2.45, 2.75) is 32.1 Å². The molecule has 80 valence electrons. The third-order valence-corrected chi connectivity index (χ3v) is 3.22. The molecule has 0 bridgehead atoms. The molecule has 1 saturated heterocycles. The lowest BCUT2D eigenvalue weighted by atomic mass is 9.98. The van der Waals surface area contributed by atoms with E-state index in [9.17, 15) is 4.79 Å². The van der Waals surface area contributed by atoms with Gasteiger partial charge in [-0.1, -0.05) is 0 Å². The molecule has 1 heterocycles. The van der Waals surface area contributed by atoms with Crippen LogP contribution in [0.2, 0.25) is 0 Å². The molecule has 3 nitrogen and oxygen atoms in total. The second-order valence-electron chi connectivity index (χ2n) is 4.64. The zero-order valence-electron chi connectivity index (χ0n) is 8.72. The maximum Gasteiger partial charge on any atom is 0.220 e. The van der Waals surface area contributed by atoms with Gasteiger partial charge in [0.2, 0.25) is 5.91 Å². The van der Waals surface area contributed by atoms with E-state index in [0.717, 1.165) is 26.1 Å². The normalized spacial score (nSPS) is 23.4. The molecule has 1 saturated carbocycles. The minimum Gasteiger partial charge on any atom is -0.356 e. The second kappa shape index (κ2) is 4.78. The van der Waals surface area contributed by atoms with Gasteiger partial charge < -0.3 is 10.6 Å². The summed E-state index contributed by atoms with van der Waals surface area (Å²) in [6.45, 7) is 3.12. The van der Waals surface area contributed by atoms with Crippen LogP contribution in [-0.2, 0) is 4.79 Å². The van der Waals surface area contributed by atoms with Crippen molar-refractivity contribution in [2.24, 2.45) is 11.8 Å². The summed E-state index contributed by atoms with van der Waals surface area (Å²) in [4.78, 5) is 11.4. The van der Waals surface area contributed by atoms with Crippen LogP contribution < -0.4 is 10.6 Å². The van der Waals surface area contributed by atoms with Gasteiger partial charge in [-0.3, -0.25) is 4.79 Å². The number of rotatable bonds is 4. The van der Waals surface area contributed by atoms with Gasteiger partial charge in [0.1, 0.15) is 0 Å². The summed E-state index contributed by atoms with van der Waals surface area (Å²) in [5, 5.41) is 6.39. The highest BCUT2D eigenvalue weighted by atomic mass is 16.1. The molecule has 14 heavy (non-hydrogen) atoms. The van der Waals surface area contributed by atoms with Gasteiger partial charge in [0, 0.05) is 13.0 Å². The lowest BCUT2D eigenvalue weighted by molar-refractivity contribution is -0.121. The molecule has 2 rings (SSSR count). The molecule has 3 heteroatoms. The smallest absolute Gasteiger partial charge is 0.220 e. The number of piperidine rings is 1. The summed E-state index contributed by atoms with van der Waals surface area (Å²) >= 11 is 0. The van der Waals surface area contributed by atoms with E-state index in [1.807, 2.05) is 0 Å². The SMILES string of the molecule is O=C(CC1CC1)NCC1CCNCC1. The summed E-state index contributed by atoms with van der Waals surface area (Å²) < 4.78 is 0. The van der Waals surface area contributed by atoms with Crippen LogP contribution in [0.25, 0.3) is 0 Å². The average Bonchev–Trinajstić information content (AvgIpc) is 3.00. The monoisotopic (exact) mass is 196 g/mol.